The maximum atomic E-state index is 13.8. The van der Waals surface area contributed by atoms with E-state index >= 15 is 0 Å². The van der Waals surface area contributed by atoms with Gasteiger partial charge in [-0.15, -0.1) is 0 Å². The fourth-order valence-corrected chi connectivity index (χ4v) is 19.0. The van der Waals surface area contributed by atoms with Gasteiger partial charge in [0.25, 0.3) is 0 Å². The Balaban J connectivity index is 0.990. The first kappa shape index (κ1) is 70.1. The van der Waals surface area contributed by atoms with E-state index in [0.29, 0.717) is 44.1 Å². The third-order valence-corrected chi connectivity index (χ3v) is 24.3. The average molecular weight is 1290 g/mol. The van der Waals surface area contributed by atoms with E-state index in [4.69, 9.17) is 52.1 Å². The number of carboxylic acids is 1. The molecule has 5 saturated heterocycles. The highest BCUT2D eigenvalue weighted by Crippen LogP contribution is 2.82. The molecule has 5 heterocycles. The Bertz CT molecular complexity index is 2640. The van der Waals surface area contributed by atoms with Crippen LogP contribution in [0.4, 0.5) is 0 Å². The number of ether oxygens (including phenoxy) is 11. The Morgan fingerprint density at radius 1 is 0.578 bits per heavy atom. The Morgan fingerprint density at radius 2 is 1.14 bits per heavy atom. The summed E-state index contributed by atoms with van der Waals surface area (Å²) in [4.78, 5) is 40.9. The zero-order valence-electron chi connectivity index (χ0n) is 53.0. The van der Waals surface area contributed by atoms with Crippen LogP contribution >= 0.6 is 0 Å². The van der Waals surface area contributed by atoms with E-state index in [2.05, 4.69) is 20.8 Å². The molecule has 28 heteroatoms. The Morgan fingerprint density at radius 3 is 1.76 bits per heavy atom. The van der Waals surface area contributed by atoms with Gasteiger partial charge in [0.1, 0.15) is 103 Å². The minimum Gasteiger partial charge on any atom is -0.479 e. The zero-order chi connectivity index (χ0) is 66.2. The van der Waals surface area contributed by atoms with Gasteiger partial charge in [0.15, 0.2) is 37.6 Å². The number of rotatable bonds is 15. The molecule has 2 bridgehead atoms. The fourth-order valence-electron chi connectivity index (χ4n) is 19.0. The molecule has 33 unspecified atom stereocenters. The fraction of sp³-hybridized carbons (Fsp3) is 0.919. The van der Waals surface area contributed by atoms with Crippen molar-refractivity contribution in [3.63, 3.8) is 0 Å². The van der Waals surface area contributed by atoms with Gasteiger partial charge in [-0.3, -0.25) is 4.79 Å². The Labute approximate surface area is 522 Å². The van der Waals surface area contributed by atoms with Crippen molar-refractivity contribution in [3.05, 3.63) is 11.6 Å². The number of allylic oxidation sites excluding steroid dienone is 1. The third kappa shape index (κ3) is 10.7. The van der Waals surface area contributed by atoms with Crippen molar-refractivity contribution in [2.75, 3.05) is 13.2 Å². The van der Waals surface area contributed by atoms with Crippen molar-refractivity contribution in [1.82, 2.24) is 0 Å². The maximum absolute atomic E-state index is 13.8. The lowest BCUT2D eigenvalue weighted by Crippen LogP contribution is -2.77. The minimum absolute atomic E-state index is 0.00735. The lowest BCUT2D eigenvalue weighted by Gasteiger charge is -2.75. The number of carbonyl (C=O) groups is 3. The van der Waals surface area contributed by atoms with Gasteiger partial charge in [0.2, 0.25) is 0 Å². The van der Waals surface area contributed by atoms with Gasteiger partial charge < -0.3 is 124 Å². The van der Waals surface area contributed by atoms with Crippen molar-refractivity contribution in [1.29, 1.82) is 0 Å². The van der Waals surface area contributed by atoms with Crippen LogP contribution in [-0.4, -0.2) is 262 Å². The van der Waals surface area contributed by atoms with Gasteiger partial charge in [-0.25, -0.2) is 9.59 Å². The summed E-state index contributed by atoms with van der Waals surface area (Å²) >= 11 is 0. The first-order valence-corrected chi connectivity index (χ1v) is 31.9. The molecule has 5 aliphatic heterocycles. The summed E-state index contributed by atoms with van der Waals surface area (Å²) in [5, 5.41) is 157. The van der Waals surface area contributed by atoms with Crippen LogP contribution in [-0.2, 0) is 66.5 Å². The summed E-state index contributed by atoms with van der Waals surface area (Å²) in [6, 6.07) is 0. The highest BCUT2D eigenvalue weighted by atomic mass is 16.8. The van der Waals surface area contributed by atoms with E-state index in [1.54, 1.807) is 26.8 Å². The molecule has 10 fully saturated rings. The van der Waals surface area contributed by atoms with Crippen LogP contribution in [0.3, 0.4) is 0 Å². The molecule has 514 valence electrons. The number of carboxylic acid groups (broad SMARTS) is 1. The van der Waals surface area contributed by atoms with Gasteiger partial charge in [-0.1, -0.05) is 61.5 Å². The summed E-state index contributed by atoms with van der Waals surface area (Å²) in [5.74, 6) is -3.77. The van der Waals surface area contributed by atoms with Crippen LogP contribution in [0.2, 0.25) is 0 Å². The standard InChI is InChI=1S/C62H98O28/c1-12-24(3)50(78)89-48-47(75)56(5,6)20-30-61-19-15-29-58(9)17-16-31(57(7,8)28(58)14-18-59(29,10)60(61,11)21-32(83-33(65)13-2)62(30,48)55(79)90-61)84-54-46(88-52-41(73)38(70)35(67)26(22-63)81-52)43(42(74)44(86-54)49(76)77)85-53-45(39(71)36(68)27(23-64)82-53)87-51-40(72)37(69)34(66)25(4)80-51/h12,25-32,34-48,51-55,63-64,66-75,79H,13-23H2,1-11H3,(H,76,77). The van der Waals surface area contributed by atoms with Crippen LogP contribution < -0.4 is 0 Å². The number of aliphatic hydroxyl groups excluding tert-OH is 13. The zero-order valence-corrected chi connectivity index (χ0v) is 53.0. The second-order valence-electron chi connectivity index (χ2n) is 29.4. The molecule has 0 aromatic rings. The summed E-state index contributed by atoms with van der Waals surface area (Å²) in [6.45, 7) is 19.0. The molecule has 28 nitrogen and oxygen atoms in total. The van der Waals surface area contributed by atoms with Gasteiger partial charge in [0.05, 0.1) is 37.1 Å². The number of carbonyl (C=O) groups excluding carboxylic acids is 2. The SMILES string of the molecule is CC=C(C)C(=O)OC1C(O)C(C)(C)CC2C13C(O)OC21CCC2C4(C)CCC(OC5OC(C(=O)O)C(O)C(OC6OC(CO)C(O)C(O)C6OC6OC(C)C(O)C(O)C6O)C5OC5OC(CO)C(O)C(O)C5O)C(C)(C)C4CCC2(C)C1(C)CC3OC(=O)CC. The summed E-state index contributed by atoms with van der Waals surface area (Å²) in [7, 11) is 0. The third-order valence-electron chi connectivity index (χ3n) is 24.3. The molecule has 0 aromatic carbocycles. The second-order valence-corrected chi connectivity index (χ2v) is 29.4. The molecule has 0 amide bonds. The van der Waals surface area contributed by atoms with Gasteiger partial charge >= 0.3 is 17.9 Å². The van der Waals surface area contributed by atoms with E-state index in [-0.39, 0.29) is 31.1 Å². The van der Waals surface area contributed by atoms with Crippen molar-refractivity contribution in [2.45, 2.75) is 293 Å². The van der Waals surface area contributed by atoms with Crippen LogP contribution in [0, 0.1) is 50.2 Å². The minimum atomic E-state index is -2.30. The topological polar surface area (TPSA) is 436 Å². The number of fused-ring (bicyclic) bond motifs is 4. The molecular weight excluding hydrogens is 1190 g/mol. The highest BCUT2D eigenvalue weighted by molar-refractivity contribution is 5.87. The molecule has 5 saturated carbocycles. The second kappa shape index (κ2) is 25.0. The first-order valence-electron chi connectivity index (χ1n) is 31.9. The van der Waals surface area contributed by atoms with Crippen LogP contribution in [0.1, 0.15) is 134 Å². The molecule has 14 N–H and O–H groups in total. The number of hydrogen-bond donors (Lipinski definition) is 14. The van der Waals surface area contributed by atoms with Gasteiger partial charge in [-0.2, -0.15) is 0 Å². The van der Waals surface area contributed by atoms with Gasteiger partial charge in [0, 0.05) is 23.3 Å². The normalized spacial score (nSPS) is 53.0. The predicted octanol–water partition coefficient (Wildman–Crippen LogP) is -1.49. The molecule has 5 aliphatic carbocycles. The quantitative estimate of drug-likeness (QED) is 0.0504. The smallest absolute Gasteiger partial charge is 0.335 e. The molecule has 90 heavy (non-hydrogen) atoms. The maximum Gasteiger partial charge on any atom is 0.335 e. The average Bonchev–Trinajstić information content (AvgIpc) is 1.36. The highest BCUT2D eigenvalue weighted by Gasteiger charge is 2.86. The molecular formula is C62H98O28. The molecule has 10 aliphatic rings. The number of esters is 2. The first-order chi connectivity index (χ1) is 42.0. The molecule has 1 spiro atoms. The van der Waals surface area contributed by atoms with Crippen LogP contribution in [0.5, 0.6) is 0 Å². The van der Waals surface area contributed by atoms with Crippen molar-refractivity contribution in [2.24, 2.45) is 50.2 Å². The molecule has 10 rings (SSSR count). The molecule has 33 atom stereocenters. The largest absolute Gasteiger partial charge is 0.479 e. The Kier molecular flexibility index (Phi) is 19.5. The monoisotopic (exact) mass is 1290 g/mol. The van der Waals surface area contributed by atoms with Crippen molar-refractivity contribution in [3.8, 4) is 0 Å². The predicted molar refractivity (Wildman–Crippen MR) is 303 cm³/mol. The van der Waals surface area contributed by atoms with Crippen molar-refractivity contribution < 1.29 is 138 Å². The summed E-state index contributed by atoms with van der Waals surface area (Å²) < 4.78 is 69.3. The summed E-state index contributed by atoms with van der Waals surface area (Å²) in [6.07, 6.45) is -39.3. The van der Waals surface area contributed by atoms with E-state index in [1.165, 1.54) is 6.92 Å². The number of hydrogen-bond acceptors (Lipinski definition) is 27. The van der Waals surface area contributed by atoms with Crippen LogP contribution in [0.15, 0.2) is 11.6 Å². The lowest BCUT2D eigenvalue weighted by atomic mass is 9.30. The van der Waals surface area contributed by atoms with E-state index in [1.807, 2.05) is 27.7 Å². The Hall–Kier alpha value is -2.73. The molecule has 0 radical (unpaired) electrons. The van der Waals surface area contributed by atoms with Crippen molar-refractivity contribution >= 4 is 17.9 Å². The number of aliphatic carboxylic acids is 1. The number of aliphatic hydroxyl groups is 13. The van der Waals surface area contributed by atoms with E-state index in [9.17, 15) is 85.9 Å². The van der Waals surface area contributed by atoms with Gasteiger partial charge in [-0.05, 0) is 106 Å². The van der Waals surface area contributed by atoms with E-state index < -0.39 is 229 Å². The molecule has 0 aromatic heterocycles. The summed E-state index contributed by atoms with van der Waals surface area (Å²) in [5.41, 5.74) is -5.99. The lowest BCUT2D eigenvalue weighted by molar-refractivity contribution is -0.406. The van der Waals surface area contributed by atoms with E-state index in [0.717, 1.165) is 0 Å². The van der Waals surface area contributed by atoms with Crippen LogP contribution in [0.25, 0.3) is 0 Å².